The van der Waals surface area contributed by atoms with Gasteiger partial charge in [0.25, 0.3) is 0 Å². The number of thioether (sulfide) groups is 1. The molecule has 1 aromatic heterocycles. The number of nitrogens with one attached hydrogen (secondary N) is 1. The molecular weight excluding hydrogens is 378 g/mol. The lowest BCUT2D eigenvalue weighted by Crippen LogP contribution is -2.39. The average Bonchev–Trinajstić information content (AvgIpc) is 3.11. The summed E-state index contributed by atoms with van der Waals surface area (Å²) in [5.41, 5.74) is 1.85. The van der Waals surface area contributed by atoms with Gasteiger partial charge >= 0.3 is 0 Å². The third-order valence-corrected chi connectivity index (χ3v) is 6.85. The molecule has 144 valence electrons. The Bertz CT molecular complexity index is 756. The Morgan fingerprint density at radius 1 is 1.26 bits per heavy atom. The van der Waals surface area contributed by atoms with Crippen LogP contribution in [0.25, 0.3) is 0 Å². The number of hydrogen-bond acceptors (Lipinski definition) is 5. The van der Waals surface area contributed by atoms with Gasteiger partial charge in [-0.2, -0.15) is 0 Å². The van der Waals surface area contributed by atoms with Crippen LogP contribution in [0.3, 0.4) is 0 Å². The molecule has 2 heterocycles. The Kier molecular flexibility index (Phi) is 7.29. The minimum Gasteiger partial charge on any atom is -0.342 e. The van der Waals surface area contributed by atoms with E-state index in [1.54, 1.807) is 11.3 Å². The van der Waals surface area contributed by atoms with Gasteiger partial charge in [0.1, 0.15) is 0 Å². The number of piperidine rings is 1. The van der Waals surface area contributed by atoms with Crippen molar-refractivity contribution in [3.63, 3.8) is 0 Å². The van der Waals surface area contributed by atoms with Crippen LogP contribution in [0.15, 0.2) is 40.1 Å². The second-order valence-electron chi connectivity index (χ2n) is 6.82. The molecule has 1 aromatic carbocycles. The molecule has 0 spiro atoms. The van der Waals surface area contributed by atoms with E-state index in [0.717, 1.165) is 48.1 Å². The van der Waals surface area contributed by atoms with Crippen molar-refractivity contribution in [2.45, 2.75) is 36.9 Å². The van der Waals surface area contributed by atoms with Crippen LogP contribution in [-0.4, -0.2) is 40.5 Å². The summed E-state index contributed by atoms with van der Waals surface area (Å²) in [7, 11) is 0. The Morgan fingerprint density at radius 2 is 2.00 bits per heavy atom. The number of aryl methyl sites for hydroxylation is 1. The quantitative estimate of drug-likeness (QED) is 0.704. The zero-order valence-electron chi connectivity index (χ0n) is 15.5. The number of rotatable bonds is 7. The van der Waals surface area contributed by atoms with E-state index in [1.807, 2.05) is 47.5 Å². The van der Waals surface area contributed by atoms with E-state index >= 15 is 0 Å². The first-order valence-corrected chi connectivity index (χ1v) is 11.1. The van der Waals surface area contributed by atoms with Crippen LogP contribution in [0.1, 0.15) is 31.4 Å². The van der Waals surface area contributed by atoms with Crippen molar-refractivity contribution in [3.8, 4) is 0 Å². The van der Waals surface area contributed by atoms with Gasteiger partial charge in [0.15, 0.2) is 4.34 Å². The molecule has 1 fully saturated rings. The van der Waals surface area contributed by atoms with Gasteiger partial charge in [0, 0.05) is 36.3 Å². The van der Waals surface area contributed by atoms with Gasteiger partial charge in [0.05, 0.1) is 5.75 Å². The highest BCUT2D eigenvalue weighted by atomic mass is 32.2. The fraction of sp³-hybridized carbons (Fsp3) is 0.450. The first kappa shape index (κ1) is 19.9. The Labute approximate surface area is 168 Å². The molecule has 3 rings (SSSR count). The number of anilines is 1. The van der Waals surface area contributed by atoms with E-state index < -0.39 is 0 Å². The zero-order chi connectivity index (χ0) is 19.1. The minimum absolute atomic E-state index is 0.0647. The number of nitrogens with zero attached hydrogens (tertiary/aromatic N) is 2. The lowest BCUT2D eigenvalue weighted by Gasteiger charge is -2.32. The monoisotopic (exact) mass is 403 g/mol. The SMILES string of the molecule is Cc1csc(SCC(=O)N2CCC(CCC(=O)Nc3ccccc3)CC2)n1. The standard InChI is InChI=1S/C20H25N3O2S2/c1-15-13-26-20(21-15)27-14-19(25)23-11-9-16(10-12-23)7-8-18(24)22-17-5-3-2-4-6-17/h2-6,13,16H,7-12,14H2,1H3,(H,22,24). The molecule has 1 N–H and O–H groups in total. The predicted octanol–water partition coefficient (Wildman–Crippen LogP) is 4.20. The van der Waals surface area contributed by atoms with Crippen molar-refractivity contribution in [3.05, 3.63) is 41.4 Å². The average molecular weight is 404 g/mol. The van der Waals surface area contributed by atoms with Crippen molar-refractivity contribution >= 4 is 40.6 Å². The van der Waals surface area contributed by atoms with Gasteiger partial charge in [-0.25, -0.2) is 4.98 Å². The predicted molar refractivity (Wildman–Crippen MR) is 111 cm³/mol. The number of thiazole rings is 1. The molecule has 1 aliphatic heterocycles. The van der Waals surface area contributed by atoms with E-state index in [-0.39, 0.29) is 11.8 Å². The molecule has 1 saturated heterocycles. The van der Waals surface area contributed by atoms with Crippen LogP contribution >= 0.6 is 23.1 Å². The number of hydrogen-bond donors (Lipinski definition) is 1. The van der Waals surface area contributed by atoms with Crippen LogP contribution < -0.4 is 5.32 Å². The molecule has 2 amide bonds. The van der Waals surface area contributed by atoms with Crippen LogP contribution in [0.4, 0.5) is 5.69 Å². The van der Waals surface area contributed by atoms with Crippen LogP contribution in [0.5, 0.6) is 0 Å². The second kappa shape index (κ2) is 9.90. The highest BCUT2D eigenvalue weighted by Crippen LogP contribution is 2.25. The smallest absolute Gasteiger partial charge is 0.233 e. The second-order valence-corrected chi connectivity index (χ2v) is 8.90. The summed E-state index contributed by atoms with van der Waals surface area (Å²) in [4.78, 5) is 30.8. The van der Waals surface area contributed by atoms with Crippen LogP contribution in [-0.2, 0) is 9.59 Å². The number of amides is 2. The molecule has 7 heteroatoms. The number of carbonyl (C=O) groups is 2. The summed E-state index contributed by atoms with van der Waals surface area (Å²) in [6.07, 6.45) is 3.37. The summed E-state index contributed by atoms with van der Waals surface area (Å²) in [5, 5.41) is 4.94. The normalized spacial score (nSPS) is 14.9. The fourth-order valence-electron chi connectivity index (χ4n) is 3.16. The topological polar surface area (TPSA) is 62.3 Å². The van der Waals surface area contributed by atoms with Crippen molar-refractivity contribution in [1.29, 1.82) is 0 Å². The van der Waals surface area contributed by atoms with Gasteiger partial charge in [-0.15, -0.1) is 11.3 Å². The summed E-state index contributed by atoms with van der Waals surface area (Å²) >= 11 is 3.11. The van der Waals surface area contributed by atoms with Gasteiger partial charge < -0.3 is 10.2 Å². The van der Waals surface area contributed by atoms with Gasteiger partial charge in [-0.05, 0) is 44.2 Å². The lowest BCUT2D eigenvalue weighted by molar-refractivity contribution is -0.130. The number of carbonyl (C=O) groups excluding carboxylic acids is 2. The highest BCUT2D eigenvalue weighted by Gasteiger charge is 2.23. The third-order valence-electron chi connectivity index (χ3n) is 4.72. The fourth-order valence-corrected chi connectivity index (χ4v) is 4.92. The first-order valence-electron chi connectivity index (χ1n) is 9.28. The summed E-state index contributed by atoms with van der Waals surface area (Å²) in [6, 6.07) is 9.55. The minimum atomic E-state index is 0.0647. The van der Waals surface area contributed by atoms with E-state index in [2.05, 4.69) is 10.3 Å². The molecular formula is C20H25N3O2S2. The van der Waals surface area contributed by atoms with Crippen molar-refractivity contribution in [2.75, 3.05) is 24.2 Å². The van der Waals surface area contributed by atoms with Crippen molar-refractivity contribution in [1.82, 2.24) is 9.88 Å². The third kappa shape index (κ3) is 6.36. The molecule has 0 atom stereocenters. The highest BCUT2D eigenvalue weighted by molar-refractivity contribution is 8.01. The van der Waals surface area contributed by atoms with Gasteiger partial charge in [-0.3, -0.25) is 9.59 Å². The summed E-state index contributed by atoms with van der Waals surface area (Å²) in [5.74, 6) is 1.23. The maximum atomic E-state index is 12.4. The van der Waals surface area contributed by atoms with E-state index in [4.69, 9.17) is 0 Å². The first-order chi connectivity index (χ1) is 13.1. The Morgan fingerprint density at radius 3 is 2.67 bits per heavy atom. The number of likely N-dealkylation sites (tertiary alicyclic amines) is 1. The number of para-hydroxylation sites is 1. The van der Waals surface area contributed by atoms with Crippen molar-refractivity contribution < 1.29 is 9.59 Å². The molecule has 1 aliphatic rings. The van der Waals surface area contributed by atoms with Crippen molar-refractivity contribution in [2.24, 2.45) is 5.92 Å². The van der Waals surface area contributed by atoms with Crippen LogP contribution in [0, 0.1) is 12.8 Å². The maximum absolute atomic E-state index is 12.4. The maximum Gasteiger partial charge on any atom is 0.233 e. The van der Waals surface area contributed by atoms with Crippen LogP contribution in [0.2, 0.25) is 0 Å². The van der Waals surface area contributed by atoms with E-state index in [1.165, 1.54) is 11.8 Å². The van der Waals surface area contributed by atoms with E-state index in [0.29, 0.717) is 18.1 Å². The molecule has 27 heavy (non-hydrogen) atoms. The molecule has 0 saturated carbocycles. The zero-order valence-corrected chi connectivity index (χ0v) is 17.2. The molecule has 0 aliphatic carbocycles. The van der Waals surface area contributed by atoms with Gasteiger partial charge in [-0.1, -0.05) is 30.0 Å². The molecule has 2 aromatic rings. The molecule has 5 nitrogen and oxygen atoms in total. The lowest BCUT2D eigenvalue weighted by atomic mass is 9.92. The Balaban J connectivity index is 1.33. The number of benzene rings is 1. The molecule has 0 unspecified atom stereocenters. The van der Waals surface area contributed by atoms with Gasteiger partial charge in [0.2, 0.25) is 11.8 Å². The van der Waals surface area contributed by atoms with E-state index in [9.17, 15) is 9.59 Å². The molecule has 0 bridgehead atoms. The summed E-state index contributed by atoms with van der Waals surface area (Å²) < 4.78 is 0.958. The Hall–Kier alpha value is -1.86. The number of aromatic nitrogens is 1. The molecule has 0 radical (unpaired) electrons. The largest absolute Gasteiger partial charge is 0.342 e. The summed E-state index contributed by atoms with van der Waals surface area (Å²) in [6.45, 7) is 3.55.